The van der Waals surface area contributed by atoms with E-state index in [1.54, 1.807) is 6.08 Å². The highest BCUT2D eigenvalue weighted by atomic mass is 16.3. The van der Waals surface area contributed by atoms with Crippen LogP contribution in [0.4, 0.5) is 0 Å². The number of rotatable bonds is 0. The summed E-state index contributed by atoms with van der Waals surface area (Å²) in [5, 5.41) is 9.16. The molecule has 74 valence electrons. The molecule has 2 N–H and O–H groups in total. The molecule has 5 nitrogen and oxygen atoms in total. The summed E-state index contributed by atoms with van der Waals surface area (Å²) in [6.45, 7) is -0.250. The van der Waals surface area contributed by atoms with E-state index >= 15 is 0 Å². The fourth-order valence-electron chi connectivity index (χ4n) is 1.38. The van der Waals surface area contributed by atoms with E-state index in [2.05, 4.69) is 5.32 Å². The molecule has 2 aliphatic rings. The summed E-state index contributed by atoms with van der Waals surface area (Å²) >= 11 is 0. The lowest BCUT2D eigenvalue weighted by molar-refractivity contribution is -0.126. The van der Waals surface area contributed by atoms with E-state index in [0.717, 1.165) is 0 Å². The largest absolute Gasteiger partial charge is 0.483 e. The van der Waals surface area contributed by atoms with E-state index in [4.69, 9.17) is 9.90 Å². The topological polar surface area (TPSA) is 83.5 Å². The first kappa shape index (κ1) is 10.2. The van der Waals surface area contributed by atoms with Gasteiger partial charge in [-0.1, -0.05) is 18.2 Å². The zero-order valence-corrected chi connectivity index (χ0v) is 7.27. The summed E-state index contributed by atoms with van der Waals surface area (Å²) in [4.78, 5) is 30.4. The molecule has 2 amide bonds. The predicted octanol–water partition coefficient (Wildman–Crippen LogP) is -0.154. The van der Waals surface area contributed by atoms with Gasteiger partial charge in [-0.3, -0.25) is 19.7 Å². The molecule has 0 spiro atoms. The van der Waals surface area contributed by atoms with Crippen LogP contribution in [-0.2, 0) is 14.4 Å². The van der Waals surface area contributed by atoms with Crippen LogP contribution in [0.3, 0.4) is 0 Å². The van der Waals surface area contributed by atoms with Crippen molar-refractivity contribution in [1.29, 1.82) is 0 Å². The number of imide groups is 1. The van der Waals surface area contributed by atoms with E-state index < -0.39 is 0 Å². The van der Waals surface area contributed by atoms with Gasteiger partial charge in [-0.25, -0.2) is 0 Å². The van der Waals surface area contributed by atoms with Crippen LogP contribution in [0.1, 0.15) is 6.42 Å². The van der Waals surface area contributed by atoms with E-state index in [1.165, 1.54) is 0 Å². The first-order chi connectivity index (χ1) is 6.70. The predicted molar refractivity (Wildman–Crippen MR) is 47.2 cm³/mol. The van der Waals surface area contributed by atoms with Crippen LogP contribution < -0.4 is 5.32 Å². The average Bonchev–Trinajstić information content (AvgIpc) is 2.45. The van der Waals surface area contributed by atoms with Crippen LogP contribution >= 0.6 is 0 Å². The number of carboxylic acid groups (broad SMARTS) is 1. The van der Waals surface area contributed by atoms with Gasteiger partial charge in [-0.05, 0) is 6.42 Å². The molecular formula is C9H9NO4. The molecule has 2 rings (SSSR count). The maximum Gasteiger partial charge on any atom is 0.290 e. The normalized spacial score (nSPS) is 22.9. The Hall–Kier alpha value is -1.91. The van der Waals surface area contributed by atoms with E-state index in [0.29, 0.717) is 12.0 Å². The fourth-order valence-corrected chi connectivity index (χ4v) is 1.38. The molecule has 1 aliphatic heterocycles. The third-order valence-corrected chi connectivity index (χ3v) is 1.97. The number of carbonyl (C=O) groups is 3. The molecule has 1 heterocycles. The highest BCUT2D eigenvalue weighted by Gasteiger charge is 2.35. The Bertz CT molecular complexity index is 330. The zero-order chi connectivity index (χ0) is 10.6. The Morgan fingerprint density at radius 3 is 2.71 bits per heavy atom. The van der Waals surface area contributed by atoms with Gasteiger partial charge < -0.3 is 5.11 Å². The molecule has 1 aliphatic carbocycles. The molecule has 0 saturated carbocycles. The van der Waals surface area contributed by atoms with E-state index in [9.17, 15) is 9.59 Å². The van der Waals surface area contributed by atoms with Crippen molar-refractivity contribution in [3.05, 3.63) is 23.8 Å². The minimum Gasteiger partial charge on any atom is -0.483 e. The van der Waals surface area contributed by atoms with Crippen LogP contribution in [0.5, 0.6) is 0 Å². The number of fused-ring (bicyclic) bond motifs is 1. The second-order valence-corrected chi connectivity index (χ2v) is 2.76. The van der Waals surface area contributed by atoms with Gasteiger partial charge in [0.15, 0.2) is 0 Å². The van der Waals surface area contributed by atoms with Gasteiger partial charge >= 0.3 is 0 Å². The van der Waals surface area contributed by atoms with Gasteiger partial charge in [-0.2, -0.15) is 0 Å². The molecule has 0 radical (unpaired) electrons. The molecular weight excluding hydrogens is 186 g/mol. The summed E-state index contributed by atoms with van der Waals surface area (Å²) in [6, 6.07) is 0. The van der Waals surface area contributed by atoms with Gasteiger partial charge in [0, 0.05) is 5.57 Å². The number of nitrogens with one attached hydrogen (secondary N) is 1. The second kappa shape index (κ2) is 4.36. The van der Waals surface area contributed by atoms with Crippen molar-refractivity contribution in [3.8, 4) is 0 Å². The minimum absolute atomic E-state index is 0.161. The number of allylic oxidation sites excluding steroid dienone is 3. The van der Waals surface area contributed by atoms with Crippen molar-refractivity contribution in [1.82, 2.24) is 5.32 Å². The Morgan fingerprint density at radius 1 is 1.50 bits per heavy atom. The van der Waals surface area contributed by atoms with Crippen LogP contribution in [-0.4, -0.2) is 23.4 Å². The highest BCUT2D eigenvalue weighted by Crippen LogP contribution is 2.25. The van der Waals surface area contributed by atoms with Crippen molar-refractivity contribution >= 4 is 18.3 Å². The molecule has 0 bridgehead atoms. The second-order valence-electron chi connectivity index (χ2n) is 2.76. The molecule has 0 aromatic rings. The zero-order valence-electron chi connectivity index (χ0n) is 7.27. The molecule has 14 heavy (non-hydrogen) atoms. The SMILES string of the molecule is O=C1NC(=O)C2CC=CC=C12.O=CO. The molecule has 5 heteroatoms. The monoisotopic (exact) mass is 195 g/mol. The number of hydrogen-bond acceptors (Lipinski definition) is 3. The Kier molecular flexibility index (Phi) is 3.17. The summed E-state index contributed by atoms with van der Waals surface area (Å²) in [7, 11) is 0. The first-order valence-electron chi connectivity index (χ1n) is 4.00. The summed E-state index contributed by atoms with van der Waals surface area (Å²) in [5.74, 6) is -0.609. The van der Waals surface area contributed by atoms with Crippen molar-refractivity contribution in [2.75, 3.05) is 0 Å². The molecule has 0 aromatic heterocycles. The van der Waals surface area contributed by atoms with Gasteiger partial charge in [0.2, 0.25) is 5.91 Å². The van der Waals surface area contributed by atoms with Crippen LogP contribution in [0, 0.1) is 5.92 Å². The van der Waals surface area contributed by atoms with Crippen molar-refractivity contribution in [2.24, 2.45) is 5.92 Å². The maximum atomic E-state index is 11.0. The molecule has 1 fully saturated rings. The fraction of sp³-hybridized carbons (Fsp3) is 0.222. The quantitative estimate of drug-likeness (QED) is 0.415. The standard InChI is InChI=1S/C8H7NO2.CH2O2/c10-7-5-3-1-2-4-6(5)8(11)9-7;2-1-3/h1-3,6H,4H2,(H,9,10,11);1H,(H,2,3). The molecule has 0 aromatic carbocycles. The van der Waals surface area contributed by atoms with Gasteiger partial charge in [0.05, 0.1) is 5.92 Å². The molecule has 1 saturated heterocycles. The van der Waals surface area contributed by atoms with Crippen LogP contribution in [0.25, 0.3) is 0 Å². The Morgan fingerprint density at radius 2 is 2.14 bits per heavy atom. The van der Waals surface area contributed by atoms with Gasteiger partial charge in [0.25, 0.3) is 12.4 Å². The number of carbonyl (C=O) groups excluding carboxylic acids is 2. The van der Waals surface area contributed by atoms with Crippen molar-refractivity contribution < 1.29 is 19.5 Å². The lowest BCUT2D eigenvalue weighted by atomic mass is 9.94. The maximum absolute atomic E-state index is 11.0. The molecule has 1 atom stereocenters. The molecule has 1 unspecified atom stereocenters. The summed E-state index contributed by atoms with van der Waals surface area (Å²) in [6.07, 6.45) is 6.06. The Balaban J connectivity index is 0.000000293. The van der Waals surface area contributed by atoms with Gasteiger partial charge in [0.1, 0.15) is 0 Å². The summed E-state index contributed by atoms with van der Waals surface area (Å²) < 4.78 is 0. The Labute approximate surface area is 80.1 Å². The first-order valence-corrected chi connectivity index (χ1v) is 4.00. The lowest BCUT2D eigenvalue weighted by Gasteiger charge is -2.06. The third-order valence-electron chi connectivity index (χ3n) is 1.97. The number of amides is 2. The summed E-state index contributed by atoms with van der Waals surface area (Å²) in [5.41, 5.74) is 0.609. The van der Waals surface area contributed by atoms with Crippen molar-refractivity contribution in [3.63, 3.8) is 0 Å². The lowest BCUT2D eigenvalue weighted by Crippen LogP contribution is -2.21. The third kappa shape index (κ3) is 1.87. The highest BCUT2D eigenvalue weighted by molar-refractivity contribution is 6.15. The van der Waals surface area contributed by atoms with Crippen LogP contribution in [0.2, 0.25) is 0 Å². The average molecular weight is 195 g/mol. The smallest absolute Gasteiger partial charge is 0.290 e. The van der Waals surface area contributed by atoms with E-state index in [-0.39, 0.29) is 24.2 Å². The van der Waals surface area contributed by atoms with Crippen LogP contribution in [0.15, 0.2) is 23.8 Å². The van der Waals surface area contributed by atoms with E-state index in [1.807, 2.05) is 12.2 Å². The minimum atomic E-state index is -0.250. The number of hydrogen-bond donors (Lipinski definition) is 2. The van der Waals surface area contributed by atoms with Crippen molar-refractivity contribution in [2.45, 2.75) is 6.42 Å². The van der Waals surface area contributed by atoms with Gasteiger partial charge in [-0.15, -0.1) is 0 Å².